The number of aryl methyl sites for hydroxylation is 1. The highest BCUT2D eigenvalue weighted by Gasteiger charge is 2.37. The van der Waals surface area contributed by atoms with Crippen LogP contribution in [0.5, 0.6) is 23.0 Å². The number of aromatic nitrogens is 3. The lowest BCUT2D eigenvalue weighted by molar-refractivity contribution is 0.0738. The maximum atomic E-state index is 13.8. The first-order valence-corrected chi connectivity index (χ1v) is 24.0. The highest BCUT2D eigenvalue weighted by atomic mass is 32.2. The minimum atomic E-state index is -0.0772. The highest BCUT2D eigenvalue weighted by Crippen LogP contribution is 2.40. The SMILES string of the molecule is CCSC(SCC)[C@@H]1CCCN1C(=O)c1cc(OC)c(OCCCn2cc(COc3cc(N)c(C(=O)N4CCC[C@H]4C(SCC)SCC)cc3OC)nn2)cc1N. The fraction of sp³-hybridized carbons (Fsp3) is 0.600. The van der Waals surface area contributed by atoms with E-state index in [1.807, 2.05) is 63.0 Å². The van der Waals surface area contributed by atoms with E-state index in [-0.39, 0.29) is 30.5 Å². The number of hydrogen-bond donors (Lipinski definition) is 2. The van der Waals surface area contributed by atoms with Crippen LogP contribution in [0.15, 0.2) is 30.5 Å². The normalized spacial score (nSPS) is 16.8. The van der Waals surface area contributed by atoms with Gasteiger partial charge in [0.15, 0.2) is 23.0 Å². The van der Waals surface area contributed by atoms with Gasteiger partial charge in [0, 0.05) is 49.6 Å². The van der Waals surface area contributed by atoms with Crippen LogP contribution in [0.3, 0.4) is 0 Å². The van der Waals surface area contributed by atoms with Crippen LogP contribution < -0.4 is 30.4 Å². The third-order valence-corrected chi connectivity index (χ3v) is 15.5. The van der Waals surface area contributed by atoms with Gasteiger partial charge in [-0.25, -0.2) is 0 Å². The second kappa shape index (κ2) is 22.2. The summed E-state index contributed by atoms with van der Waals surface area (Å²) in [7, 11) is 3.11. The number of ether oxygens (including phenoxy) is 4. The molecule has 2 fully saturated rings. The smallest absolute Gasteiger partial charge is 0.256 e. The Balaban J connectivity index is 1.14. The van der Waals surface area contributed by atoms with E-state index < -0.39 is 0 Å². The molecule has 2 atom stereocenters. The summed E-state index contributed by atoms with van der Waals surface area (Å²) in [6, 6.07) is 7.05. The fourth-order valence-electron chi connectivity index (χ4n) is 7.30. The van der Waals surface area contributed by atoms with Crippen LogP contribution in [0.4, 0.5) is 11.4 Å². The Morgan fingerprint density at radius 2 is 1.21 bits per heavy atom. The van der Waals surface area contributed by atoms with Crippen molar-refractivity contribution in [2.75, 3.05) is 68.4 Å². The van der Waals surface area contributed by atoms with Crippen molar-refractivity contribution < 1.29 is 28.5 Å². The van der Waals surface area contributed by atoms with Crippen LogP contribution >= 0.6 is 47.0 Å². The van der Waals surface area contributed by atoms with E-state index in [4.69, 9.17) is 30.4 Å². The average Bonchev–Trinajstić information content (AvgIpc) is 4.00. The molecule has 3 heterocycles. The van der Waals surface area contributed by atoms with Crippen LogP contribution in [0.25, 0.3) is 0 Å². The van der Waals surface area contributed by atoms with Gasteiger partial charge in [-0.3, -0.25) is 14.3 Å². The molecule has 13 nitrogen and oxygen atoms in total. The molecule has 0 aliphatic carbocycles. The molecule has 2 amide bonds. The second-order valence-electron chi connectivity index (χ2n) is 13.6. The number of nitrogens with two attached hydrogens (primary N) is 2. The number of methoxy groups -OCH3 is 2. The lowest BCUT2D eigenvalue weighted by Gasteiger charge is -2.31. The van der Waals surface area contributed by atoms with Crippen molar-refractivity contribution in [2.24, 2.45) is 0 Å². The summed E-state index contributed by atoms with van der Waals surface area (Å²) in [5.41, 5.74) is 15.1. The van der Waals surface area contributed by atoms with Gasteiger partial charge in [0.1, 0.15) is 12.3 Å². The summed E-state index contributed by atoms with van der Waals surface area (Å²) >= 11 is 7.62. The fourth-order valence-corrected chi connectivity index (χ4v) is 13.0. The van der Waals surface area contributed by atoms with Crippen LogP contribution in [0.1, 0.15) is 86.2 Å². The summed E-state index contributed by atoms with van der Waals surface area (Å²) in [5, 5.41) is 8.52. The van der Waals surface area contributed by atoms with Gasteiger partial charge in [-0.1, -0.05) is 32.9 Å². The first kappa shape index (κ1) is 44.8. The van der Waals surface area contributed by atoms with Crippen molar-refractivity contribution in [1.82, 2.24) is 24.8 Å². The molecule has 17 heteroatoms. The van der Waals surface area contributed by atoms with E-state index in [2.05, 4.69) is 38.0 Å². The summed E-state index contributed by atoms with van der Waals surface area (Å²) < 4.78 is 25.8. The van der Waals surface area contributed by atoms with E-state index in [1.165, 1.54) is 0 Å². The second-order valence-corrected chi connectivity index (χ2v) is 19.9. The predicted molar refractivity (Wildman–Crippen MR) is 237 cm³/mol. The van der Waals surface area contributed by atoms with Gasteiger partial charge < -0.3 is 40.2 Å². The Labute approximate surface area is 354 Å². The molecule has 5 rings (SSSR count). The minimum absolute atomic E-state index is 0.0642. The topological polar surface area (TPSA) is 160 Å². The zero-order valence-electron chi connectivity index (χ0n) is 34.1. The summed E-state index contributed by atoms with van der Waals surface area (Å²) in [4.78, 5) is 31.6. The van der Waals surface area contributed by atoms with Gasteiger partial charge in [0.05, 0.1) is 59.4 Å². The number of nitrogen functional groups attached to an aromatic ring is 2. The molecule has 2 aromatic carbocycles. The minimum Gasteiger partial charge on any atom is -0.493 e. The molecule has 2 aliphatic heterocycles. The van der Waals surface area contributed by atoms with E-state index in [1.54, 1.807) is 43.2 Å². The average molecular weight is 862 g/mol. The largest absolute Gasteiger partial charge is 0.493 e. The first-order valence-electron chi connectivity index (χ1n) is 19.9. The summed E-state index contributed by atoms with van der Waals surface area (Å²) in [6.07, 6.45) is 6.38. The Morgan fingerprint density at radius 1 is 0.737 bits per heavy atom. The third-order valence-electron chi connectivity index (χ3n) is 9.96. The maximum absolute atomic E-state index is 13.8. The molecule has 0 bridgehead atoms. The number of likely N-dealkylation sites (tertiary alicyclic amines) is 2. The van der Waals surface area contributed by atoms with Gasteiger partial charge >= 0.3 is 0 Å². The maximum Gasteiger partial charge on any atom is 0.256 e. The van der Waals surface area contributed by atoms with Gasteiger partial charge in [-0.05, 0) is 60.8 Å². The molecule has 0 unspecified atom stereocenters. The Kier molecular flexibility index (Phi) is 17.4. The van der Waals surface area contributed by atoms with Crippen molar-refractivity contribution in [3.63, 3.8) is 0 Å². The number of anilines is 2. The molecular weight excluding hydrogens is 803 g/mol. The molecular formula is C40H59N7O6S4. The number of nitrogens with zero attached hydrogens (tertiary/aromatic N) is 5. The molecule has 2 saturated heterocycles. The van der Waals surface area contributed by atoms with E-state index in [0.717, 1.165) is 55.2 Å². The van der Waals surface area contributed by atoms with E-state index >= 15 is 0 Å². The van der Waals surface area contributed by atoms with Crippen molar-refractivity contribution in [3.8, 4) is 23.0 Å². The monoisotopic (exact) mass is 861 g/mol. The Hall–Kier alpha value is -3.28. The van der Waals surface area contributed by atoms with Crippen molar-refractivity contribution in [3.05, 3.63) is 47.3 Å². The number of amides is 2. The summed E-state index contributed by atoms with van der Waals surface area (Å²) in [6.45, 7) is 11.1. The standard InChI is InChI=1S/C40H59N7O6S4/c1-7-54-39(55-8-2)31-14-11-17-46(31)37(48)27-20-33(50-5)35(22-29(27)41)52-19-13-16-45-24-26(43-44-45)25-53-36-23-30(42)28(21-34(36)51-6)38(49)47-18-12-15-32(47)40(56-9-3)57-10-4/h20-24,31-32,39-40H,7-19,25,41-42H2,1-6H3/t31-,32-/m0/s1. The molecule has 0 saturated carbocycles. The van der Waals surface area contributed by atoms with Gasteiger partial charge in [0.2, 0.25) is 0 Å². The Bertz CT molecular complexity index is 1770. The van der Waals surface area contributed by atoms with Gasteiger partial charge in [-0.2, -0.15) is 0 Å². The first-order chi connectivity index (χ1) is 27.7. The number of hydrogen-bond acceptors (Lipinski definition) is 14. The molecule has 57 heavy (non-hydrogen) atoms. The Morgan fingerprint density at radius 3 is 1.67 bits per heavy atom. The number of carbonyl (C=O) groups excluding carboxylic acids is 2. The van der Waals surface area contributed by atoms with Crippen LogP contribution in [0, 0.1) is 0 Å². The van der Waals surface area contributed by atoms with Gasteiger partial charge in [-0.15, -0.1) is 52.1 Å². The van der Waals surface area contributed by atoms with Crippen molar-refractivity contribution in [1.29, 1.82) is 0 Å². The lowest BCUT2D eigenvalue weighted by atomic mass is 10.1. The molecule has 1 aromatic heterocycles. The van der Waals surface area contributed by atoms with E-state index in [9.17, 15) is 9.59 Å². The number of benzene rings is 2. The van der Waals surface area contributed by atoms with Gasteiger partial charge in [0.25, 0.3) is 11.8 Å². The lowest BCUT2D eigenvalue weighted by Crippen LogP contribution is -2.41. The predicted octanol–water partition coefficient (Wildman–Crippen LogP) is 7.38. The zero-order valence-corrected chi connectivity index (χ0v) is 37.3. The molecule has 3 aromatic rings. The number of thioether (sulfide) groups is 4. The molecule has 0 spiro atoms. The van der Waals surface area contributed by atoms with Crippen molar-refractivity contribution in [2.45, 2.75) is 94.2 Å². The number of carbonyl (C=O) groups is 2. The third kappa shape index (κ3) is 11.3. The van der Waals surface area contributed by atoms with Crippen LogP contribution in [0.2, 0.25) is 0 Å². The zero-order chi connectivity index (χ0) is 40.9. The molecule has 4 N–H and O–H groups in total. The molecule has 2 aliphatic rings. The quantitative estimate of drug-likeness (QED) is 0.0585. The van der Waals surface area contributed by atoms with Crippen LogP contribution in [-0.2, 0) is 13.2 Å². The molecule has 0 radical (unpaired) electrons. The highest BCUT2D eigenvalue weighted by molar-refractivity contribution is 8.17. The van der Waals surface area contributed by atoms with Crippen molar-refractivity contribution >= 4 is 70.2 Å². The van der Waals surface area contributed by atoms with E-state index in [0.29, 0.717) is 86.5 Å². The number of rotatable bonds is 22. The molecule has 314 valence electrons. The van der Waals surface area contributed by atoms with Crippen LogP contribution in [-0.4, -0.2) is 115 Å². The summed E-state index contributed by atoms with van der Waals surface area (Å²) in [5.74, 6) is 5.67.